The van der Waals surface area contributed by atoms with E-state index in [9.17, 15) is 18.0 Å². The van der Waals surface area contributed by atoms with E-state index in [1.807, 2.05) is 23.2 Å². The molecule has 0 amide bonds. The molecule has 0 bridgehead atoms. The molecule has 6 nitrogen and oxygen atoms in total. The van der Waals surface area contributed by atoms with Crippen LogP contribution < -0.4 is 10.7 Å². The Labute approximate surface area is 183 Å². The number of ether oxygens (including phenoxy) is 1. The van der Waals surface area contributed by atoms with Crippen molar-refractivity contribution in [3.63, 3.8) is 0 Å². The summed E-state index contributed by atoms with van der Waals surface area (Å²) in [6.45, 7) is 3.38. The molecular weight excluding hydrogens is 421 g/mol. The number of benzene rings is 2. The fourth-order valence-corrected chi connectivity index (χ4v) is 4.36. The molecule has 1 saturated heterocycles. The molecule has 4 rings (SSSR count). The highest BCUT2D eigenvalue weighted by molar-refractivity contribution is 5.31. The van der Waals surface area contributed by atoms with Gasteiger partial charge in [0.05, 0.1) is 18.8 Å². The lowest BCUT2D eigenvalue weighted by atomic mass is 9.73. The number of aromatic nitrogens is 3. The first-order valence-electron chi connectivity index (χ1n) is 10.5. The van der Waals surface area contributed by atoms with E-state index in [0.717, 1.165) is 30.5 Å². The molecule has 0 atom stereocenters. The molecule has 0 aliphatic carbocycles. The van der Waals surface area contributed by atoms with Crippen LogP contribution in [0.4, 0.5) is 13.2 Å². The van der Waals surface area contributed by atoms with Crippen LogP contribution in [0.15, 0.2) is 59.7 Å². The number of hydrogen-bond donors (Lipinski definition) is 1. The Kier molecular flexibility index (Phi) is 6.10. The second kappa shape index (κ2) is 8.82. The molecule has 0 saturated carbocycles. The van der Waals surface area contributed by atoms with E-state index < -0.39 is 11.7 Å². The van der Waals surface area contributed by atoms with Gasteiger partial charge in [0, 0.05) is 18.5 Å². The lowest BCUT2D eigenvalue weighted by Gasteiger charge is -2.42. The lowest BCUT2D eigenvalue weighted by Crippen LogP contribution is -2.51. The molecule has 0 radical (unpaired) electrons. The molecular formula is C23H25F3N4O2. The van der Waals surface area contributed by atoms with E-state index in [1.54, 1.807) is 13.0 Å². The van der Waals surface area contributed by atoms with Crippen LogP contribution in [0.5, 0.6) is 0 Å². The summed E-state index contributed by atoms with van der Waals surface area (Å²) in [6, 6.07) is 14.0. The van der Waals surface area contributed by atoms with Gasteiger partial charge in [-0.1, -0.05) is 42.0 Å². The van der Waals surface area contributed by atoms with Crippen molar-refractivity contribution >= 4 is 0 Å². The fraction of sp³-hybridized carbons (Fsp3) is 0.391. The second-order valence-corrected chi connectivity index (χ2v) is 8.30. The number of alkyl halides is 3. The first-order chi connectivity index (χ1) is 15.3. The number of aryl methyl sites for hydroxylation is 1. The minimum atomic E-state index is -4.38. The van der Waals surface area contributed by atoms with E-state index in [2.05, 4.69) is 22.3 Å². The second-order valence-electron chi connectivity index (χ2n) is 8.30. The zero-order valence-electron chi connectivity index (χ0n) is 17.7. The summed E-state index contributed by atoms with van der Waals surface area (Å²) < 4.78 is 46.9. The Morgan fingerprint density at radius 1 is 1.12 bits per heavy atom. The molecule has 3 aromatic rings. The third kappa shape index (κ3) is 4.72. The van der Waals surface area contributed by atoms with Crippen LogP contribution in [0.2, 0.25) is 0 Å². The smallest absolute Gasteiger partial charge is 0.376 e. The van der Waals surface area contributed by atoms with Crippen LogP contribution in [0.3, 0.4) is 0 Å². The summed E-state index contributed by atoms with van der Waals surface area (Å²) in [5.41, 5.74) is 0.945. The van der Waals surface area contributed by atoms with Crippen molar-refractivity contribution in [3.05, 3.63) is 87.6 Å². The van der Waals surface area contributed by atoms with Gasteiger partial charge in [-0.25, -0.2) is 9.89 Å². The van der Waals surface area contributed by atoms with Crippen molar-refractivity contribution in [3.8, 4) is 0 Å². The number of nitrogens with zero attached hydrogens (tertiary/aromatic N) is 3. The molecule has 32 heavy (non-hydrogen) atoms. The predicted octanol–water partition coefficient (Wildman–Crippen LogP) is 3.79. The van der Waals surface area contributed by atoms with Gasteiger partial charge in [-0.15, -0.1) is 0 Å². The Bertz CT molecular complexity index is 1100. The minimum absolute atomic E-state index is 0.101. The van der Waals surface area contributed by atoms with Gasteiger partial charge in [0.2, 0.25) is 0 Å². The van der Waals surface area contributed by atoms with Crippen molar-refractivity contribution in [1.82, 2.24) is 14.9 Å². The average Bonchev–Trinajstić information content (AvgIpc) is 3.20. The summed E-state index contributed by atoms with van der Waals surface area (Å²) in [7, 11) is 0. The van der Waals surface area contributed by atoms with E-state index in [-0.39, 0.29) is 17.7 Å². The predicted molar refractivity (Wildman–Crippen MR) is 114 cm³/mol. The first-order valence-corrected chi connectivity index (χ1v) is 10.5. The zero-order chi connectivity index (χ0) is 22.8. The maximum atomic E-state index is 13.1. The molecule has 1 N–H and O–H groups in total. The van der Waals surface area contributed by atoms with Gasteiger partial charge in [0.1, 0.15) is 6.33 Å². The van der Waals surface area contributed by atoms with Crippen molar-refractivity contribution < 1.29 is 17.9 Å². The van der Waals surface area contributed by atoms with Crippen LogP contribution in [-0.4, -0.2) is 34.6 Å². The number of rotatable bonds is 6. The normalized spacial score (nSPS) is 16.3. The van der Waals surface area contributed by atoms with Gasteiger partial charge >= 0.3 is 11.9 Å². The molecule has 9 heteroatoms. The quantitative estimate of drug-likeness (QED) is 0.626. The van der Waals surface area contributed by atoms with Crippen LogP contribution in [0.25, 0.3) is 0 Å². The van der Waals surface area contributed by atoms with Gasteiger partial charge in [-0.2, -0.15) is 22.9 Å². The van der Waals surface area contributed by atoms with Crippen molar-refractivity contribution in [2.75, 3.05) is 24.7 Å². The highest BCUT2D eigenvalue weighted by Gasteiger charge is 2.37. The fourth-order valence-electron chi connectivity index (χ4n) is 4.36. The summed E-state index contributed by atoms with van der Waals surface area (Å²) in [4.78, 5) is 11.9. The molecule has 1 aliphatic rings. The number of nitrogens with one attached hydrogen (secondary N) is 1. The number of aromatic amines is 1. The molecule has 1 aliphatic heterocycles. The standard InChI is InChI=1S/C23H25F3N4O2/c1-17-11-18(13-20(12-17)23(24,25)26)14-32-15-22(19-5-3-2-4-6-19)7-9-29(10-8-22)30-16-27-28-21(30)31/h2-6,11-13,16H,7-10,14-15H2,1H3,(H,28,31). The monoisotopic (exact) mass is 446 g/mol. The molecule has 1 aromatic heterocycles. The van der Waals surface area contributed by atoms with E-state index >= 15 is 0 Å². The van der Waals surface area contributed by atoms with Crippen LogP contribution >= 0.6 is 0 Å². The topological polar surface area (TPSA) is 63.1 Å². The van der Waals surface area contributed by atoms with Gasteiger partial charge in [0.15, 0.2) is 0 Å². The molecule has 0 unspecified atom stereocenters. The average molecular weight is 446 g/mol. The number of halogens is 3. The number of piperidine rings is 1. The largest absolute Gasteiger partial charge is 0.416 e. The summed E-state index contributed by atoms with van der Waals surface area (Å²) >= 11 is 0. The lowest BCUT2D eigenvalue weighted by molar-refractivity contribution is -0.137. The molecule has 170 valence electrons. The third-order valence-corrected chi connectivity index (χ3v) is 6.03. The molecule has 2 heterocycles. The molecule has 0 spiro atoms. The summed E-state index contributed by atoms with van der Waals surface area (Å²) in [5.74, 6) is 0. The van der Waals surface area contributed by atoms with E-state index in [4.69, 9.17) is 4.74 Å². The van der Waals surface area contributed by atoms with Crippen LogP contribution in [0.1, 0.15) is 35.1 Å². The Morgan fingerprint density at radius 3 is 2.47 bits per heavy atom. The Balaban J connectivity index is 1.49. The van der Waals surface area contributed by atoms with Crippen molar-refractivity contribution in [2.45, 2.75) is 38.0 Å². The zero-order valence-corrected chi connectivity index (χ0v) is 17.7. The summed E-state index contributed by atoms with van der Waals surface area (Å²) in [6.07, 6.45) is -1.46. The van der Waals surface area contributed by atoms with Gasteiger partial charge in [-0.3, -0.25) is 0 Å². The minimum Gasteiger partial charge on any atom is -0.376 e. The summed E-state index contributed by atoms with van der Waals surface area (Å²) in [5, 5.41) is 8.12. The van der Waals surface area contributed by atoms with Crippen LogP contribution in [0, 0.1) is 6.92 Å². The Morgan fingerprint density at radius 2 is 1.84 bits per heavy atom. The van der Waals surface area contributed by atoms with Crippen molar-refractivity contribution in [1.29, 1.82) is 0 Å². The van der Waals surface area contributed by atoms with E-state index in [1.165, 1.54) is 11.0 Å². The maximum absolute atomic E-state index is 13.1. The maximum Gasteiger partial charge on any atom is 0.416 e. The van der Waals surface area contributed by atoms with Crippen LogP contribution in [-0.2, 0) is 22.9 Å². The first kappa shape index (κ1) is 22.1. The van der Waals surface area contributed by atoms with Gasteiger partial charge in [0.25, 0.3) is 0 Å². The van der Waals surface area contributed by atoms with Crippen molar-refractivity contribution in [2.24, 2.45) is 0 Å². The SMILES string of the molecule is Cc1cc(COCC2(c3ccccc3)CCN(n3cn[nH]c3=O)CC2)cc(C(F)(F)F)c1. The molecule has 1 fully saturated rings. The highest BCUT2D eigenvalue weighted by atomic mass is 19.4. The number of hydrogen-bond acceptors (Lipinski definition) is 4. The van der Waals surface area contributed by atoms with Gasteiger partial charge in [-0.05, 0) is 43.0 Å². The molecule has 2 aromatic carbocycles. The third-order valence-electron chi connectivity index (χ3n) is 6.03. The van der Waals surface area contributed by atoms with Gasteiger partial charge < -0.3 is 9.75 Å². The number of H-pyrrole nitrogens is 1. The highest BCUT2D eigenvalue weighted by Crippen LogP contribution is 2.36. The van der Waals surface area contributed by atoms with E-state index in [0.29, 0.717) is 30.8 Å². The Hall–Kier alpha value is -3.07.